The molecule has 0 spiro atoms. The Labute approximate surface area is 308 Å². The third-order valence-electron chi connectivity index (χ3n) is 12.3. The minimum Gasteiger partial charge on any atom is -0.472 e. The van der Waals surface area contributed by atoms with E-state index in [2.05, 4.69) is 110 Å². The average molecular weight is 700 g/mol. The topological polar surface area (TPSA) is 21.7 Å². The van der Waals surface area contributed by atoms with Crippen molar-refractivity contribution in [3.05, 3.63) is 161 Å². The standard InChI is InChI=1S/C48H39F2NO2/c1-3-47(4-2)42-29-33(50)16-20-39(42)44-38-19-15-32(49)28-41(38)46-40(45(44)47)21-22-48(53-46,31-13-17-34(18-14-31)51-23-25-52-26-24-51)43-27-30-9-5-6-10-35(30)36-11-7-8-12-37(36)43/h5-22,27-29H,3-4,23-26H2,1-2H3. The van der Waals surface area contributed by atoms with E-state index in [1.807, 2.05) is 12.1 Å². The van der Waals surface area contributed by atoms with Crippen molar-refractivity contribution in [1.29, 1.82) is 0 Å². The van der Waals surface area contributed by atoms with Crippen LogP contribution < -0.4 is 9.64 Å². The van der Waals surface area contributed by atoms with Gasteiger partial charge in [0.15, 0.2) is 5.60 Å². The molecule has 5 heteroatoms. The Balaban J connectivity index is 1.29. The molecule has 7 aromatic carbocycles. The molecule has 0 amide bonds. The maximum absolute atomic E-state index is 15.5. The van der Waals surface area contributed by atoms with Crippen molar-refractivity contribution in [2.45, 2.75) is 37.7 Å². The van der Waals surface area contributed by atoms with Gasteiger partial charge < -0.3 is 14.4 Å². The fraction of sp³-hybridized carbons (Fsp3) is 0.208. The Bertz CT molecular complexity index is 2640. The fourth-order valence-corrected chi connectivity index (χ4v) is 9.70. The second-order valence-electron chi connectivity index (χ2n) is 14.7. The van der Waals surface area contributed by atoms with Crippen molar-refractivity contribution in [3.63, 3.8) is 0 Å². The smallest absolute Gasteiger partial charge is 0.178 e. The molecule has 1 fully saturated rings. The monoisotopic (exact) mass is 699 g/mol. The normalized spacial score (nSPS) is 18.6. The highest BCUT2D eigenvalue weighted by atomic mass is 19.1. The first-order chi connectivity index (χ1) is 26.0. The van der Waals surface area contributed by atoms with Gasteiger partial charge in [-0.05, 0) is 111 Å². The highest BCUT2D eigenvalue weighted by Crippen LogP contribution is 2.60. The van der Waals surface area contributed by atoms with E-state index in [0.29, 0.717) is 24.3 Å². The molecular formula is C48H39F2NO2. The number of fused-ring (bicyclic) bond motifs is 11. The first kappa shape index (κ1) is 32.2. The maximum atomic E-state index is 15.5. The molecule has 0 bridgehead atoms. The molecule has 1 atom stereocenters. The van der Waals surface area contributed by atoms with Crippen LogP contribution in [0.5, 0.6) is 5.75 Å². The number of nitrogens with zero attached hydrogens (tertiary/aromatic N) is 1. The summed E-state index contributed by atoms with van der Waals surface area (Å²) in [6.45, 7) is 7.47. The molecular weight excluding hydrogens is 661 g/mol. The van der Waals surface area contributed by atoms with E-state index in [-0.39, 0.29) is 11.6 Å². The van der Waals surface area contributed by atoms with E-state index in [9.17, 15) is 0 Å². The lowest BCUT2D eigenvalue weighted by atomic mass is 9.71. The van der Waals surface area contributed by atoms with Crippen LogP contribution in [0.3, 0.4) is 0 Å². The summed E-state index contributed by atoms with van der Waals surface area (Å²) in [6, 6.07) is 38.2. The van der Waals surface area contributed by atoms with Gasteiger partial charge in [-0.2, -0.15) is 0 Å². The van der Waals surface area contributed by atoms with E-state index < -0.39 is 11.0 Å². The lowest BCUT2D eigenvalue weighted by Gasteiger charge is -2.40. The first-order valence-electron chi connectivity index (χ1n) is 18.8. The van der Waals surface area contributed by atoms with Crippen molar-refractivity contribution >= 4 is 44.1 Å². The highest BCUT2D eigenvalue weighted by molar-refractivity contribution is 6.11. The molecule has 2 heterocycles. The molecule has 0 aromatic heterocycles. The Kier molecular flexibility index (Phi) is 7.29. The number of hydrogen-bond acceptors (Lipinski definition) is 3. The number of anilines is 1. The van der Waals surface area contributed by atoms with Gasteiger partial charge in [0.2, 0.25) is 0 Å². The molecule has 3 aliphatic rings. The van der Waals surface area contributed by atoms with E-state index in [1.165, 1.54) is 11.5 Å². The molecule has 0 radical (unpaired) electrons. The van der Waals surface area contributed by atoms with Gasteiger partial charge in [-0.1, -0.05) is 92.7 Å². The SMILES string of the molecule is CCC1(CC)c2cc(F)ccc2-c2c1c1c(c3cc(F)ccc23)OC(c2ccc(N3CCOCC3)cc2)(c2cc3ccccc3c3ccccc23)C=C1. The summed E-state index contributed by atoms with van der Waals surface area (Å²) in [6.07, 6.45) is 5.98. The molecule has 0 N–H and O–H groups in total. The van der Waals surface area contributed by atoms with E-state index in [0.717, 1.165) is 92.1 Å². The largest absolute Gasteiger partial charge is 0.472 e. The fourth-order valence-electron chi connectivity index (χ4n) is 9.70. The lowest BCUT2D eigenvalue weighted by Crippen LogP contribution is -2.37. The van der Waals surface area contributed by atoms with Crippen molar-refractivity contribution in [1.82, 2.24) is 0 Å². The molecule has 0 saturated carbocycles. The van der Waals surface area contributed by atoms with Crippen molar-refractivity contribution in [3.8, 4) is 16.9 Å². The third-order valence-corrected chi connectivity index (χ3v) is 12.3. The summed E-state index contributed by atoms with van der Waals surface area (Å²) >= 11 is 0. The van der Waals surface area contributed by atoms with Crippen LogP contribution in [0.15, 0.2) is 121 Å². The van der Waals surface area contributed by atoms with Gasteiger partial charge in [-0.25, -0.2) is 8.78 Å². The van der Waals surface area contributed by atoms with Crippen LogP contribution in [-0.2, 0) is 15.8 Å². The van der Waals surface area contributed by atoms with Crippen LogP contribution in [0.1, 0.15) is 54.5 Å². The van der Waals surface area contributed by atoms with Gasteiger partial charge in [0.25, 0.3) is 0 Å². The van der Waals surface area contributed by atoms with Crippen LogP contribution in [0.4, 0.5) is 14.5 Å². The zero-order valence-electron chi connectivity index (χ0n) is 29.9. The molecule has 53 heavy (non-hydrogen) atoms. The second kappa shape index (κ2) is 12.0. The van der Waals surface area contributed by atoms with Crippen molar-refractivity contribution in [2.75, 3.05) is 31.2 Å². The number of benzene rings is 7. The molecule has 1 unspecified atom stereocenters. The second-order valence-corrected chi connectivity index (χ2v) is 14.7. The summed E-state index contributed by atoms with van der Waals surface area (Å²) < 4.78 is 43.9. The summed E-state index contributed by atoms with van der Waals surface area (Å²) in [5, 5.41) is 6.15. The summed E-state index contributed by atoms with van der Waals surface area (Å²) in [5.41, 5.74) is 6.73. The number of hydrogen-bond donors (Lipinski definition) is 0. The maximum Gasteiger partial charge on any atom is 0.178 e. The van der Waals surface area contributed by atoms with Crippen molar-refractivity contribution in [2.24, 2.45) is 0 Å². The summed E-state index contributed by atoms with van der Waals surface area (Å²) in [7, 11) is 0. The Morgan fingerprint density at radius 1 is 0.660 bits per heavy atom. The van der Waals surface area contributed by atoms with Crippen molar-refractivity contribution < 1.29 is 18.3 Å². The number of rotatable bonds is 5. The highest BCUT2D eigenvalue weighted by Gasteiger charge is 2.47. The van der Waals surface area contributed by atoms with Gasteiger partial charge in [0, 0.05) is 46.3 Å². The number of halogens is 2. The Hall–Kier alpha value is -5.52. The first-order valence-corrected chi connectivity index (χ1v) is 18.8. The molecule has 1 aliphatic carbocycles. The van der Waals surface area contributed by atoms with Gasteiger partial charge in [-0.15, -0.1) is 0 Å². The van der Waals surface area contributed by atoms with Crippen LogP contribution in [0.25, 0.3) is 49.5 Å². The van der Waals surface area contributed by atoms with E-state index in [1.54, 1.807) is 18.2 Å². The molecule has 3 nitrogen and oxygen atoms in total. The predicted molar refractivity (Wildman–Crippen MR) is 212 cm³/mol. The zero-order valence-corrected chi connectivity index (χ0v) is 29.9. The molecule has 2 aliphatic heterocycles. The predicted octanol–water partition coefficient (Wildman–Crippen LogP) is 11.7. The van der Waals surface area contributed by atoms with Crippen LogP contribution >= 0.6 is 0 Å². The third kappa shape index (κ3) is 4.59. The van der Waals surface area contributed by atoms with E-state index >= 15 is 8.78 Å². The number of morpholine rings is 1. The van der Waals surface area contributed by atoms with Crippen LogP contribution in [0, 0.1) is 11.6 Å². The molecule has 7 aromatic rings. The zero-order chi connectivity index (χ0) is 35.9. The van der Waals surface area contributed by atoms with Gasteiger partial charge in [0.05, 0.1) is 13.2 Å². The lowest BCUT2D eigenvalue weighted by molar-refractivity contribution is 0.122. The van der Waals surface area contributed by atoms with Gasteiger partial charge in [0.1, 0.15) is 17.4 Å². The van der Waals surface area contributed by atoms with Gasteiger partial charge >= 0.3 is 0 Å². The minimum absolute atomic E-state index is 0.249. The van der Waals surface area contributed by atoms with Crippen LogP contribution in [0.2, 0.25) is 0 Å². The Morgan fingerprint density at radius 2 is 1.36 bits per heavy atom. The van der Waals surface area contributed by atoms with Gasteiger partial charge in [-0.3, -0.25) is 0 Å². The van der Waals surface area contributed by atoms with Crippen LogP contribution in [-0.4, -0.2) is 26.3 Å². The number of ether oxygens (including phenoxy) is 2. The molecule has 1 saturated heterocycles. The molecule has 10 rings (SSSR count). The van der Waals surface area contributed by atoms with E-state index in [4.69, 9.17) is 9.47 Å². The molecule has 262 valence electrons. The summed E-state index contributed by atoms with van der Waals surface area (Å²) in [5.74, 6) is 0.0698. The Morgan fingerprint density at radius 3 is 2.13 bits per heavy atom. The average Bonchev–Trinajstić information content (AvgIpc) is 3.50. The minimum atomic E-state index is -1.06. The quantitative estimate of drug-likeness (QED) is 0.167. The summed E-state index contributed by atoms with van der Waals surface area (Å²) in [4.78, 5) is 2.35.